The second-order valence-corrected chi connectivity index (χ2v) is 5.31. The van der Waals surface area contributed by atoms with Crippen molar-refractivity contribution in [2.75, 3.05) is 11.9 Å². The molecule has 1 aromatic heterocycles. The Morgan fingerprint density at radius 3 is 2.56 bits per heavy atom. The molecule has 0 aromatic carbocycles. The van der Waals surface area contributed by atoms with Crippen LogP contribution in [-0.2, 0) is 16.0 Å². The Bertz CT molecular complexity index is 437. The number of thiophene rings is 1. The van der Waals surface area contributed by atoms with Crippen LogP contribution in [-0.4, -0.2) is 18.5 Å². The highest BCUT2D eigenvalue weighted by Gasteiger charge is 2.19. The van der Waals surface area contributed by atoms with Crippen molar-refractivity contribution in [3.63, 3.8) is 0 Å². The van der Waals surface area contributed by atoms with Crippen LogP contribution in [0, 0.1) is 5.92 Å². The zero-order chi connectivity index (χ0) is 13.7. The molecule has 100 valence electrons. The topological polar surface area (TPSA) is 55.4 Å². The van der Waals surface area contributed by atoms with Crippen molar-refractivity contribution in [1.82, 2.24) is 0 Å². The molecule has 18 heavy (non-hydrogen) atoms. The third kappa shape index (κ3) is 3.57. The van der Waals surface area contributed by atoms with Crippen molar-refractivity contribution < 1.29 is 14.3 Å². The number of carbonyl (C=O) groups is 2. The smallest absolute Gasteiger partial charge is 0.341 e. The number of esters is 1. The van der Waals surface area contributed by atoms with Gasteiger partial charge >= 0.3 is 5.97 Å². The first-order valence-corrected chi connectivity index (χ1v) is 6.91. The molecule has 0 radical (unpaired) electrons. The normalized spacial score (nSPS) is 10.5. The van der Waals surface area contributed by atoms with E-state index in [0.29, 0.717) is 17.2 Å². The summed E-state index contributed by atoms with van der Waals surface area (Å²) in [5.41, 5.74) is 0.452. The largest absolute Gasteiger partial charge is 0.462 e. The van der Waals surface area contributed by atoms with Gasteiger partial charge in [-0.15, -0.1) is 11.3 Å². The van der Waals surface area contributed by atoms with Crippen LogP contribution >= 0.6 is 11.3 Å². The second-order valence-electron chi connectivity index (χ2n) is 4.17. The van der Waals surface area contributed by atoms with Gasteiger partial charge in [-0.2, -0.15) is 0 Å². The first-order chi connectivity index (χ1) is 8.49. The number of nitrogens with one attached hydrogen (secondary N) is 1. The maximum Gasteiger partial charge on any atom is 0.341 e. The highest BCUT2D eigenvalue weighted by Crippen LogP contribution is 2.29. The molecule has 0 fully saturated rings. The van der Waals surface area contributed by atoms with Gasteiger partial charge < -0.3 is 10.1 Å². The molecule has 1 aromatic rings. The molecule has 0 saturated heterocycles. The van der Waals surface area contributed by atoms with Gasteiger partial charge in [0.25, 0.3) is 0 Å². The summed E-state index contributed by atoms with van der Waals surface area (Å²) in [4.78, 5) is 24.5. The molecular formula is C13H19NO3S. The molecule has 0 aliphatic rings. The number of hydrogen-bond donors (Lipinski definition) is 1. The maximum absolute atomic E-state index is 11.8. The Morgan fingerprint density at radius 2 is 2.06 bits per heavy atom. The van der Waals surface area contributed by atoms with E-state index in [-0.39, 0.29) is 17.8 Å². The summed E-state index contributed by atoms with van der Waals surface area (Å²) >= 11 is 1.43. The molecule has 0 aliphatic carbocycles. The summed E-state index contributed by atoms with van der Waals surface area (Å²) in [7, 11) is 0. The fourth-order valence-corrected chi connectivity index (χ4v) is 2.31. The minimum absolute atomic E-state index is 0.0925. The van der Waals surface area contributed by atoms with Crippen molar-refractivity contribution in [1.29, 1.82) is 0 Å². The summed E-state index contributed by atoms with van der Waals surface area (Å²) in [6.45, 7) is 7.72. The third-order valence-electron chi connectivity index (χ3n) is 2.39. The van der Waals surface area contributed by atoms with E-state index in [1.165, 1.54) is 11.3 Å². The molecule has 0 atom stereocenters. The first-order valence-electron chi connectivity index (χ1n) is 6.10. The fourth-order valence-electron chi connectivity index (χ4n) is 1.33. The summed E-state index contributed by atoms with van der Waals surface area (Å²) in [6.07, 6.45) is 0.828. The zero-order valence-corrected chi connectivity index (χ0v) is 12.0. The van der Waals surface area contributed by atoms with Crippen molar-refractivity contribution in [2.24, 2.45) is 5.92 Å². The van der Waals surface area contributed by atoms with E-state index in [1.54, 1.807) is 13.0 Å². The van der Waals surface area contributed by atoms with E-state index < -0.39 is 0 Å². The Balaban J connectivity index is 2.98. The molecule has 1 heterocycles. The highest BCUT2D eigenvalue weighted by atomic mass is 32.1. The molecule has 1 amide bonds. The Morgan fingerprint density at radius 1 is 1.39 bits per heavy atom. The van der Waals surface area contributed by atoms with Crippen molar-refractivity contribution in [3.05, 3.63) is 16.5 Å². The van der Waals surface area contributed by atoms with Gasteiger partial charge in [-0.05, 0) is 19.4 Å². The van der Waals surface area contributed by atoms with Crippen LogP contribution in [0.1, 0.15) is 42.9 Å². The summed E-state index contributed by atoms with van der Waals surface area (Å²) < 4.78 is 4.98. The molecule has 0 spiro atoms. The lowest BCUT2D eigenvalue weighted by Crippen LogP contribution is -2.18. The predicted octanol–water partition coefficient (Wildman–Crippen LogP) is 3.08. The van der Waals surface area contributed by atoms with Crippen molar-refractivity contribution in [3.8, 4) is 0 Å². The number of rotatable bonds is 5. The maximum atomic E-state index is 11.8. The molecule has 0 unspecified atom stereocenters. The van der Waals surface area contributed by atoms with E-state index in [9.17, 15) is 9.59 Å². The van der Waals surface area contributed by atoms with Crippen molar-refractivity contribution in [2.45, 2.75) is 34.1 Å². The van der Waals surface area contributed by atoms with Gasteiger partial charge in [0.05, 0.1) is 12.2 Å². The van der Waals surface area contributed by atoms with Gasteiger partial charge in [0.15, 0.2) is 0 Å². The van der Waals surface area contributed by atoms with Gasteiger partial charge in [-0.3, -0.25) is 4.79 Å². The average Bonchev–Trinajstić information content (AvgIpc) is 2.72. The molecule has 0 aliphatic heterocycles. The average molecular weight is 269 g/mol. The monoisotopic (exact) mass is 269 g/mol. The minimum atomic E-state index is -0.382. The van der Waals surface area contributed by atoms with E-state index in [4.69, 9.17) is 4.74 Å². The summed E-state index contributed by atoms with van der Waals surface area (Å²) in [6, 6.07) is 1.79. The van der Waals surface area contributed by atoms with E-state index in [0.717, 1.165) is 11.3 Å². The second kappa shape index (κ2) is 6.54. The number of ether oxygens (including phenoxy) is 1. The van der Waals surface area contributed by atoms with Crippen molar-refractivity contribution >= 4 is 28.2 Å². The zero-order valence-electron chi connectivity index (χ0n) is 11.2. The van der Waals surface area contributed by atoms with Crippen LogP contribution in [0.15, 0.2) is 6.07 Å². The SMILES string of the molecule is CCOC(=O)c1cc(CC)sc1NC(=O)C(C)C. The molecule has 5 heteroatoms. The Hall–Kier alpha value is -1.36. The Kier molecular flexibility index (Phi) is 5.34. The number of amides is 1. The Labute approximate surface area is 111 Å². The lowest BCUT2D eigenvalue weighted by Gasteiger charge is -2.07. The van der Waals surface area contributed by atoms with Crippen LogP contribution < -0.4 is 5.32 Å². The van der Waals surface area contributed by atoms with Gasteiger partial charge in [0.2, 0.25) is 5.91 Å². The van der Waals surface area contributed by atoms with Crippen LogP contribution in [0.25, 0.3) is 0 Å². The van der Waals surface area contributed by atoms with E-state index >= 15 is 0 Å². The van der Waals surface area contributed by atoms with Gasteiger partial charge in [-0.25, -0.2) is 4.79 Å². The summed E-state index contributed by atoms with van der Waals surface area (Å²) in [5.74, 6) is -0.593. The highest BCUT2D eigenvalue weighted by molar-refractivity contribution is 7.16. The van der Waals surface area contributed by atoms with Crippen LogP contribution in [0.5, 0.6) is 0 Å². The van der Waals surface area contributed by atoms with Crippen LogP contribution in [0.2, 0.25) is 0 Å². The first kappa shape index (κ1) is 14.7. The van der Waals surface area contributed by atoms with Gasteiger partial charge in [0, 0.05) is 10.8 Å². The molecule has 4 nitrogen and oxygen atoms in total. The van der Waals surface area contributed by atoms with Gasteiger partial charge in [0.1, 0.15) is 5.00 Å². The van der Waals surface area contributed by atoms with Crippen LogP contribution in [0.3, 0.4) is 0 Å². The number of anilines is 1. The van der Waals surface area contributed by atoms with E-state index in [1.807, 2.05) is 20.8 Å². The standard InChI is InChI=1S/C13H19NO3S/c1-5-9-7-10(13(16)17-6-2)12(18-9)14-11(15)8(3)4/h7-8H,5-6H2,1-4H3,(H,14,15). The molecular weight excluding hydrogens is 250 g/mol. The quantitative estimate of drug-likeness (QED) is 0.836. The number of carbonyl (C=O) groups excluding carboxylic acids is 2. The molecule has 1 rings (SSSR count). The minimum Gasteiger partial charge on any atom is -0.462 e. The third-order valence-corrected chi connectivity index (χ3v) is 3.58. The van der Waals surface area contributed by atoms with Gasteiger partial charge in [-0.1, -0.05) is 20.8 Å². The summed E-state index contributed by atoms with van der Waals surface area (Å²) in [5, 5.41) is 3.37. The van der Waals surface area contributed by atoms with Crippen LogP contribution in [0.4, 0.5) is 5.00 Å². The predicted molar refractivity (Wildman–Crippen MR) is 73.1 cm³/mol. The van der Waals surface area contributed by atoms with E-state index in [2.05, 4.69) is 5.32 Å². The molecule has 0 bridgehead atoms. The lowest BCUT2D eigenvalue weighted by atomic mass is 10.2. The lowest BCUT2D eigenvalue weighted by molar-refractivity contribution is -0.118. The number of aryl methyl sites for hydroxylation is 1. The molecule has 1 N–H and O–H groups in total. The molecule has 0 saturated carbocycles. The number of hydrogen-bond acceptors (Lipinski definition) is 4. The fraction of sp³-hybridized carbons (Fsp3) is 0.538.